The fourth-order valence-corrected chi connectivity index (χ4v) is 4.66. The van der Waals surface area contributed by atoms with E-state index in [9.17, 15) is 0 Å². The van der Waals surface area contributed by atoms with Gasteiger partial charge in [0.25, 0.3) is 0 Å². The van der Waals surface area contributed by atoms with Gasteiger partial charge in [0.05, 0.1) is 0 Å². The van der Waals surface area contributed by atoms with Gasteiger partial charge in [-0.2, -0.15) is 0 Å². The number of nitrogens with zero attached hydrogens (tertiary/aromatic N) is 1. The van der Waals surface area contributed by atoms with Crippen LogP contribution in [0, 0.1) is 11.3 Å². The van der Waals surface area contributed by atoms with Crippen molar-refractivity contribution in [2.75, 3.05) is 20.1 Å². The summed E-state index contributed by atoms with van der Waals surface area (Å²) in [5.74, 6) is 0.887. The molecule has 2 N–H and O–H groups in total. The van der Waals surface area contributed by atoms with E-state index in [0.29, 0.717) is 5.41 Å². The predicted molar refractivity (Wildman–Crippen MR) is 87.5 cm³/mol. The van der Waals surface area contributed by atoms with Gasteiger partial charge in [-0.1, -0.05) is 19.8 Å². The second kappa shape index (κ2) is 6.70. The summed E-state index contributed by atoms with van der Waals surface area (Å²) in [7, 11) is 2.23. The summed E-state index contributed by atoms with van der Waals surface area (Å²) < 4.78 is 1.20. The van der Waals surface area contributed by atoms with Crippen molar-refractivity contribution in [3.05, 3.63) is 20.8 Å². The molecule has 0 spiro atoms. The SMILES string of the molecule is CC1CCC(CN)(CN(C)Cc2cc(Br)cs2)CC1. The van der Waals surface area contributed by atoms with E-state index in [1.807, 2.05) is 11.3 Å². The molecule has 1 aromatic heterocycles. The zero-order valence-corrected chi connectivity index (χ0v) is 14.4. The first-order valence-electron chi connectivity index (χ1n) is 7.14. The highest BCUT2D eigenvalue weighted by molar-refractivity contribution is 9.10. The van der Waals surface area contributed by atoms with Crippen molar-refractivity contribution in [3.63, 3.8) is 0 Å². The van der Waals surface area contributed by atoms with Crippen LogP contribution in [-0.2, 0) is 6.54 Å². The van der Waals surface area contributed by atoms with Crippen molar-refractivity contribution in [1.82, 2.24) is 4.90 Å². The normalized spacial score (nSPS) is 27.9. The van der Waals surface area contributed by atoms with Gasteiger partial charge in [0.2, 0.25) is 0 Å². The van der Waals surface area contributed by atoms with Gasteiger partial charge in [-0.25, -0.2) is 0 Å². The average molecular weight is 345 g/mol. The summed E-state index contributed by atoms with van der Waals surface area (Å²) in [5.41, 5.74) is 6.45. The van der Waals surface area contributed by atoms with Crippen LogP contribution in [0.2, 0.25) is 0 Å². The standard InChI is InChI=1S/C15H25BrN2S/c1-12-3-5-15(10-17,6-4-12)11-18(2)8-14-7-13(16)9-19-14/h7,9,12H,3-6,8,10-11,17H2,1-2H3. The second-order valence-corrected chi connectivity index (χ2v) is 8.20. The Morgan fingerprint density at radius 2 is 2.16 bits per heavy atom. The van der Waals surface area contributed by atoms with E-state index in [1.165, 1.54) is 35.0 Å². The number of hydrogen-bond acceptors (Lipinski definition) is 3. The Labute approximate surface area is 129 Å². The Hall–Kier alpha value is 0.1000. The van der Waals surface area contributed by atoms with Gasteiger partial charge in [-0.15, -0.1) is 11.3 Å². The van der Waals surface area contributed by atoms with Gasteiger partial charge >= 0.3 is 0 Å². The maximum absolute atomic E-state index is 6.10. The molecule has 0 amide bonds. The Morgan fingerprint density at radius 1 is 1.47 bits per heavy atom. The summed E-state index contributed by atoms with van der Waals surface area (Å²) in [4.78, 5) is 3.87. The summed E-state index contributed by atoms with van der Waals surface area (Å²) in [6.07, 6.45) is 5.28. The largest absolute Gasteiger partial charge is 0.330 e. The number of rotatable bonds is 5. The van der Waals surface area contributed by atoms with Crippen molar-refractivity contribution < 1.29 is 0 Å². The Kier molecular flexibility index (Phi) is 5.46. The predicted octanol–water partition coefficient (Wildman–Crippen LogP) is 4.10. The summed E-state index contributed by atoms with van der Waals surface area (Å²) >= 11 is 5.35. The van der Waals surface area contributed by atoms with Crippen LogP contribution < -0.4 is 5.73 Å². The molecular weight excluding hydrogens is 320 g/mol. The Bertz CT molecular complexity index is 397. The number of halogens is 1. The van der Waals surface area contributed by atoms with Crippen molar-refractivity contribution in [2.45, 2.75) is 39.2 Å². The topological polar surface area (TPSA) is 29.3 Å². The van der Waals surface area contributed by atoms with Gasteiger partial charge in [-0.05, 0) is 59.8 Å². The van der Waals surface area contributed by atoms with Crippen molar-refractivity contribution >= 4 is 27.3 Å². The third-order valence-electron chi connectivity index (χ3n) is 4.42. The van der Waals surface area contributed by atoms with E-state index in [1.54, 1.807) is 0 Å². The molecule has 2 nitrogen and oxygen atoms in total. The summed E-state index contributed by atoms with van der Waals surface area (Å²) in [6, 6.07) is 2.22. The number of thiophene rings is 1. The molecule has 1 aromatic rings. The molecule has 1 saturated carbocycles. The molecule has 0 unspecified atom stereocenters. The molecule has 19 heavy (non-hydrogen) atoms. The van der Waals surface area contributed by atoms with Gasteiger partial charge < -0.3 is 10.6 Å². The monoisotopic (exact) mass is 344 g/mol. The fraction of sp³-hybridized carbons (Fsp3) is 0.733. The molecule has 2 rings (SSSR count). The smallest absolute Gasteiger partial charge is 0.0325 e. The minimum absolute atomic E-state index is 0.357. The minimum atomic E-state index is 0.357. The molecule has 1 heterocycles. The van der Waals surface area contributed by atoms with Gasteiger partial charge in [-0.3, -0.25) is 0 Å². The molecule has 1 aliphatic rings. The molecule has 1 aliphatic carbocycles. The third kappa shape index (κ3) is 4.28. The quantitative estimate of drug-likeness (QED) is 0.871. The van der Waals surface area contributed by atoms with Gasteiger partial charge in [0, 0.05) is 27.8 Å². The maximum Gasteiger partial charge on any atom is 0.0325 e. The van der Waals surface area contributed by atoms with Crippen LogP contribution in [-0.4, -0.2) is 25.0 Å². The van der Waals surface area contributed by atoms with Crippen LogP contribution in [0.25, 0.3) is 0 Å². The van der Waals surface area contributed by atoms with E-state index in [2.05, 4.69) is 46.2 Å². The second-order valence-electron chi connectivity index (χ2n) is 6.29. The lowest BCUT2D eigenvalue weighted by molar-refractivity contribution is 0.106. The molecule has 0 saturated heterocycles. The lowest BCUT2D eigenvalue weighted by atomic mass is 9.70. The number of nitrogens with two attached hydrogens (primary N) is 1. The van der Waals surface area contributed by atoms with Crippen molar-refractivity contribution in [3.8, 4) is 0 Å². The van der Waals surface area contributed by atoms with E-state index in [-0.39, 0.29) is 0 Å². The lowest BCUT2D eigenvalue weighted by Crippen LogP contribution is -2.43. The van der Waals surface area contributed by atoms with Crippen molar-refractivity contribution in [1.29, 1.82) is 0 Å². The fourth-order valence-electron chi connectivity index (χ4n) is 3.13. The average Bonchev–Trinajstić information content (AvgIpc) is 2.78. The van der Waals surface area contributed by atoms with E-state index >= 15 is 0 Å². The minimum Gasteiger partial charge on any atom is -0.330 e. The Balaban J connectivity index is 1.90. The van der Waals surface area contributed by atoms with Gasteiger partial charge in [0.1, 0.15) is 0 Å². The van der Waals surface area contributed by atoms with Crippen LogP contribution in [0.1, 0.15) is 37.5 Å². The number of hydrogen-bond donors (Lipinski definition) is 1. The molecular formula is C15H25BrN2S. The summed E-state index contributed by atoms with van der Waals surface area (Å²) in [6.45, 7) is 5.37. The first-order chi connectivity index (χ1) is 9.03. The van der Waals surface area contributed by atoms with E-state index < -0.39 is 0 Å². The first-order valence-corrected chi connectivity index (χ1v) is 8.82. The van der Waals surface area contributed by atoms with Crippen LogP contribution in [0.5, 0.6) is 0 Å². The first kappa shape index (κ1) is 15.5. The van der Waals surface area contributed by atoms with Crippen LogP contribution in [0.4, 0.5) is 0 Å². The molecule has 0 aromatic carbocycles. The zero-order valence-electron chi connectivity index (χ0n) is 12.0. The molecule has 0 bridgehead atoms. The van der Waals surface area contributed by atoms with Crippen molar-refractivity contribution in [2.24, 2.45) is 17.1 Å². The molecule has 0 aliphatic heterocycles. The lowest BCUT2D eigenvalue weighted by Gasteiger charge is -2.41. The van der Waals surface area contributed by atoms with Crippen LogP contribution >= 0.6 is 27.3 Å². The zero-order chi connectivity index (χ0) is 13.9. The van der Waals surface area contributed by atoms with E-state index in [4.69, 9.17) is 5.73 Å². The molecule has 1 fully saturated rings. The molecule has 108 valence electrons. The highest BCUT2D eigenvalue weighted by atomic mass is 79.9. The molecule has 0 atom stereocenters. The molecule has 0 radical (unpaired) electrons. The van der Waals surface area contributed by atoms with Crippen LogP contribution in [0.3, 0.4) is 0 Å². The maximum atomic E-state index is 6.10. The Morgan fingerprint density at radius 3 is 2.68 bits per heavy atom. The highest BCUT2D eigenvalue weighted by Crippen LogP contribution is 2.38. The summed E-state index contributed by atoms with van der Waals surface area (Å²) in [5, 5.41) is 2.16. The molecule has 4 heteroatoms. The van der Waals surface area contributed by atoms with E-state index in [0.717, 1.165) is 25.6 Å². The van der Waals surface area contributed by atoms with Crippen LogP contribution in [0.15, 0.2) is 15.9 Å². The van der Waals surface area contributed by atoms with Gasteiger partial charge in [0.15, 0.2) is 0 Å². The third-order valence-corrected chi connectivity index (χ3v) is 6.10. The highest BCUT2D eigenvalue weighted by Gasteiger charge is 2.33.